The van der Waals surface area contributed by atoms with Gasteiger partial charge in [-0.05, 0) is 25.1 Å². The second-order valence-electron chi connectivity index (χ2n) is 4.09. The fraction of sp³-hybridized carbons (Fsp3) is 0.333. The van der Waals surface area contributed by atoms with Crippen molar-refractivity contribution >= 4 is 23.4 Å². The summed E-state index contributed by atoms with van der Waals surface area (Å²) in [6.07, 6.45) is 0. The van der Waals surface area contributed by atoms with E-state index in [1.807, 2.05) is 0 Å². The molecule has 0 aromatic heterocycles. The van der Waals surface area contributed by atoms with E-state index in [1.165, 1.54) is 17.0 Å². The van der Waals surface area contributed by atoms with Gasteiger partial charge in [0.25, 0.3) is 5.91 Å². The molecule has 0 bridgehead atoms. The Balaban J connectivity index is 2.30. The number of benzene rings is 1. The SMILES string of the molecule is CC1C(=O)NCCN1C(=O)c1cc(Cl)ccc1F. The largest absolute Gasteiger partial charge is 0.353 e. The molecule has 2 amide bonds. The van der Waals surface area contributed by atoms with Crippen molar-refractivity contribution in [3.05, 3.63) is 34.6 Å². The molecule has 1 fully saturated rings. The number of rotatable bonds is 1. The molecule has 18 heavy (non-hydrogen) atoms. The zero-order valence-corrected chi connectivity index (χ0v) is 10.5. The lowest BCUT2D eigenvalue weighted by Crippen LogP contribution is -2.55. The molecular formula is C12H12ClFN2O2. The predicted molar refractivity (Wildman–Crippen MR) is 64.9 cm³/mol. The number of nitrogens with one attached hydrogen (secondary N) is 1. The molecule has 4 nitrogen and oxygen atoms in total. The molecule has 0 saturated carbocycles. The van der Waals surface area contributed by atoms with Crippen LogP contribution in [-0.2, 0) is 4.79 Å². The van der Waals surface area contributed by atoms with Crippen LogP contribution in [0, 0.1) is 5.82 Å². The first-order chi connectivity index (χ1) is 8.50. The Morgan fingerprint density at radius 3 is 3.00 bits per heavy atom. The van der Waals surface area contributed by atoms with E-state index in [1.54, 1.807) is 6.92 Å². The third-order valence-electron chi connectivity index (χ3n) is 2.92. The smallest absolute Gasteiger partial charge is 0.257 e. The Kier molecular flexibility index (Phi) is 3.52. The average molecular weight is 271 g/mol. The van der Waals surface area contributed by atoms with E-state index in [0.717, 1.165) is 6.07 Å². The second-order valence-corrected chi connectivity index (χ2v) is 4.53. The van der Waals surface area contributed by atoms with Gasteiger partial charge in [0.1, 0.15) is 11.9 Å². The number of carbonyl (C=O) groups is 2. The van der Waals surface area contributed by atoms with Crippen molar-refractivity contribution in [2.45, 2.75) is 13.0 Å². The fourth-order valence-electron chi connectivity index (χ4n) is 1.88. The first-order valence-electron chi connectivity index (χ1n) is 5.54. The monoisotopic (exact) mass is 270 g/mol. The molecule has 1 N–H and O–H groups in total. The topological polar surface area (TPSA) is 49.4 Å². The van der Waals surface area contributed by atoms with E-state index in [9.17, 15) is 14.0 Å². The van der Waals surface area contributed by atoms with Crippen LogP contribution in [0.4, 0.5) is 4.39 Å². The molecule has 1 aromatic rings. The summed E-state index contributed by atoms with van der Waals surface area (Å²) in [6.45, 7) is 2.34. The van der Waals surface area contributed by atoms with Gasteiger partial charge in [-0.25, -0.2) is 4.39 Å². The van der Waals surface area contributed by atoms with Crippen molar-refractivity contribution < 1.29 is 14.0 Å². The Hall–Kier alpha value is -1.62. The molecule has 1 aliphatic heterocycles. The molecule has 1 atom stereocenters. The summed E-state index contributed by atoms with van der Waals surface area (Å²) >= 11 is 5.75. The number of amides is 2. The van der Waals surface area contributed by atoms with Gasteiger partial charge < -0.3 is 10.2 Å². The van der Waals surface area contributed by atoms with Gasteiger partial charge in [-0.15, -0.1) is 0 Å². The minimum atomic E-state index is -0.636. The summed E-state index contributed by atoms with van der Waals surface area (Å²) in [4.78, 5) is 25.0. The Bertz CT molecular complexity index is 507. The molecule has 0 spiro atoms. The predicted octanol–water partition coefficient (Wildman–Crippen LogP) is 1.44. The van der Waals surface area contributed by atoms with Gasteiger partial charge in [0.2, 0.25) is 5.91 Å². The molecule has 0 aliphatic carbocycles. The van der Waals surface area contributed by atoms with E-state index in [0.29, 0.717) is 13.1 Å². The van der Waals surface area contributed by atoms with Crippen LogP contribution in [0.15, 0.2) is 18.2 Å². The van der Waals surface area contributed by atoms with E-state index in [2.05, 4.69) is 5.32 Å². The fourth-order valence-corrected chi connectivity index (χ4v) is 2.05. The number of carbonyl (C=O) groups excluding carboxylic acids is 2. The summed E-state index contributed by atoms with van der Waals surface area (Å²) in [5.41, 5.74) is -0.107. The van der Waals surface area contributed by atoms with Crippen LogP contribution in [0.5, 0.6) is 0 Å². The maximum Gasteiger partial charge on any atom is 0.257 e. The minimum absolute atomic E-state index is 0.107. The standard InChI is InChI=1S/C12H12ClFN2O2/c1-7-11(17)15-4-5-16(7)12(18)9-6-8(13)2-3-10(9)14/h2-3,6-7H,4-5H2,1H3,(H,15,17). The molecule has 1 saturated heterocycles. The van der Waals surface area contributed by atoms with Crippen molar-refractivity contribution in [2.24, 2.45) is 0 Å². The molecule has 6 heteroatoms. The lowest BCUT2D eigenvalue weighted by atomic mass is 10.1. The van der Waals surface area contributed by atoms with Gasteiger partial charge in [-0.2, -0.15) is 0 Å². The lowest BCUT2D eigenvalue weighted by molar-refractivity contribution is -0.127. The zero-order chi connectivity index (χ0) is 13.3. The van der Waals surface area contributed by atoms with Crippen LogP contribution in [0.25, 0.3) is 0 Å². The Morgan fingerprint density at radius 1 is 1.56 bits per heavy atom. The van der Waals surface area contributed by atoms with Crippen LogP contribution in [0.2, 0.25) is 5.02 Å². The van der Waals surface area contributed by atoms with Crippen LogP contribution in [0.1, 0.15) is 17.3 Å². The third kappa shape index (κ3) is 2.31. The number of piperazine rings is 1. The number of halogens is 2. The van der Waals surface area contributed by atoms with Crippen LogP contribution < -0.4 is 5.32 Å². The first kappa shape index (κ1) is 12.8. The highest BCUT2D eigenvalue weighted by Crippen LogP contribution is 2.18. The zero-order valence-electron chi connectivity index (χ0n) is 9.74. The molecule has 96 valence electrons. The van der Waals surface area contributed by atoms with E-state index in [-0.39, 0.29) is 16.5 Å². The van der Waals surface area contributed by atoms with Crippen molar-refractivity contribution in [3.63, 3.8) is 0 Å². The first-order valence-corrected chi connectivity index (χ1v) is 5.92. The third-order valence-corrected chi connectivity index (χ3v) is 3.15. The second kappa shape index (κ2) is 4.94. The van der Waals surface area contributed by atoms with Crippen LogP contribution in [0.3, 0.4) is 0 Å². The van der Waals surface area contributed by atoms with Gasteiger partial charge in [0.15, 0.2) is 0 Å². The lowest BCUT2D eigenvalue weighted by Gasteiger charge is -2.32. The summed E-state index contributed by atoms with van der Waals surface area (Å²) < 4.78 is 13.6. The van der Waals surface area contributed by atoms with Gasteiger partial charge in [0, 0.05) is 18.1 Å². The molecule has 2 rings (SSSR count). The maximum atomic E-state index is 13.6. The minimum Gasteiger partial charge on any atom is -0.353 e. The van der Waals surface area contributed by atoms with Crippen molar-refractivity contribution in [3.8, 4) is 0 Å². The normalized spacial score (nSPS) is 19.6. The summed E-state index contributed by atoms with van der Waals surface area (Å²) in [7, 11) is 0. The van der Waals surface area contributed by atoms with Crippen molar-refractivity contribution in [1.82, 2.24) is 10.2 Å². The van der Waals surface area contributed by atoms with Gasteiger partial charge in [0.05, 0.1) is 5.56 Å². The highest BCUT2D eigenvalue weighted by atomic mass is 35.5. The Labute approximate surface area is 109 Å². The summed E-state index contributed by atoms with van der Waals surface area (Å²) in [5.74, 6) is -1.39. The van der Waals surface area contributed by atoms with E-state index < -0.39 is 17.8 Å². The maximum absolute atomic E-state index is 13.6. The van der Waals surface area contributed by atoms with E-state index >= 15 is 0 Å². The Morgan fingerprint density at radius 2 is 2.28 bits per heavy atom. The molecule has 1 aromatic carbocycles. The highest BCUT2D eigenvalue weighted by Gasteiger charge is 2.31. The summed E-state index contributed by atoms with van der Waals surface area (Å²) in [5, 5.41) is 2.93. The number of hydrogen-bond donors (Lipinski definition) is 1. The number of nitrogens with zero attached hydrogens (tertiary/aromatic N) is 1. The van der Waals surface area contributed by atoms with Gasteiger partial charge >= 0.3 is 0 Å². The quantitative estimate of drug-likeness (QED) is 0.839. The van der Waals surface area contributed by atoms with Crippen LogP contribution in [-0.4, -0.2) is 35.8 Å². The van der Waals surface area contributed by atoms with E-state index in [4.69, 9.17) is 11.6 Å². The number of hydrogen-bond acceptors (Lipinski definition) is 2. The molecule has 1 heterocycles. The van der Waals surface area contributed by atoms with Crippen molar-refractivity contribution in [2.75, 3.05) is 13.1 Å². The highest BCUT2D eigenvalue weighted by molar-refractivity contribution is 6.31. The van der Waals surface area contributed by atoms with Crippen LogP contribution >= 0.6 is 11.6 Å². The molecule has 0 radical (unpaired) electrons. The van der Waals surface area contributed by atoms with Gasteiger partial charge in [-0.3, -0.25) is 9.59 Å². The molecule has 1 unspecified atom stereocenters. The summed E-state index contributed by atoms with van der Waals surface area (Å²) in [6, 6.07) is 3.19. The van der Waals surface area contributed by atoms with Crippen molar-refractivity contribution in [1.29, 1.82) is 0 Å². The molecule has 1 aliphatic rings. The average Bonchev–Trinajstić information content (AvgIpc) is 2.35. The van der Waals surface area contributed by atoms with Gasteiger partial charge in [-0.1, -0.05) is 11.6 Å². The molecular weight excluding hydrogens is 259 g/mol.